The quantitative estimate of drug-likeness (QED) is 0.0552. The normalized spacial score (nSPS) is 31.4. The van der Waals surface area contributed by atoms with Crippen LogP contribution >= 0.6 is 0 Å². The SMILES string of the molecule is CC/C=C\CC(=O)OCC(COC(=O)C/C=C\CC)OC(=O)CC(C)CC(=O)OCO[C@H]1CC[C@@]2(C)[C@@H](CC[C@@H]3[C@@H]2CC[C@]2(C)[C@@H](C(C)=O)CC[C@@H]32)C1. The summed E-state index contributed by atoms with van der Waals surface area (Å²) in [5.41, 5.74) is 0.462. The van der Waals surface area contributed by atoms with Crippen molar-refractivity contribution >= 4 is 29.7 Å². The molecule has 10 heteroatoms. The van der Waals surface area contributed by atoms with Crippen molar-refractivity contribution in [3.63, 3.8) is 0 Å². The summed E-state index contributed by atoms with van der Waals surface area (Å²) >= 11 is 0. The molecule has 0 spiro atoms. The number of fused-ring (bicyclic) bond motifs is 5. The van der Waals surface area contributed by atoms with Gasteiger partial charge in [0.05, 0.1) is 18.9 Å². The Morgan fingerprint density at radius 2 is 1.30 bits per heavy atom. The number of ether oxygens (including phenoxy) is 5. The fourth-order valence-electron chi connectivity index (χ4n) is 10.5. The van der Waals surface area contributed by atoms with Crippen LogP contribution in [0.5, 0.6) is 0 Å². The van der Waals surface area contributed by atoms with Gasteiger partial charge in [0.2, 0.25) is 0 Å². The third kappa shape index (κ3) is 11.5. The van der Waals surface area contributed by atoms with Crippen LogP contribution in [0.15, 0.2) is 24.3 Å². The Balaban J connectivity index is 1.18. The minimum absolute atomic E-state index is 0.0135. The molecule has 9 atom stereocenters. The molecule has 4 aliphatic carbocycles. The fourth-order valence-corrected chi connectivity index (χ4v) is 10.5. The molecule has 0 aromatic heterocycles. The first-order valence-electron chi connectivity index (χ1n) is 20.4. The average Bonchev–Trinajstić information content (AvgIpc) is 3.47. The topological polar surface area (TPSA) is 132 Å². The maximum Gasteiger partial charge on any atom is 0.309 e. The first kappa shape index (κ1) is 42.7. The number of allylic oxidation sites excluding steroid dienone is 2. The van der Waals surface area contributed by atoms with E-state index in [4.69, 9.17) is 23.7 Å². The van der Waals surface area contributed by atoms with Gasteiger partial charge >= 0.3 is 23.9 Å². The van der Waals surface area contributed by atoms with Crippen LogP contribution < -0.4 is 0 Å². The van der Waals surface area contributed by atoms with Crippen LogP contribution in [0, 0.1) is 46.3 Å². The number of hydrogen-bond donors (Lipinski definition) is 0. The zero-order valence-corrected chi connectivity index (χ0v) is 33.2. The van der Waals surface area contributed by atoms with Crippen LogP contribution in [0.1, 0.15) is 138 Å². The number of rotatable bonds is 19. The molecular formula is C43H66O10. The third-order valence-electron chi connectivity index (χ3n) is 13.2. The highest BCUT2D eigenvalue weighted by molar-refractivity contribution is 5.79. The number of ketones is 1. The fraction of sp³-hybridized carbons (Fsp3) is 0.791. The van der Waals surface area contributed by atoms with Crippen molar-refractivity contribution in [2.24, 2.45) is 46.3 Å². The van der Waals surface area contributed by atoms with Crippen molar-refractivity contribution < 1.29 is 47.7 Å². The lowest BCUT2D eigenvalue weighted by Crippen LogP contribution is -2.54. The van der Waals surface area contributed by atoms with Crippen LogP contribution in [-0.2, 0) is 47.7 Å². The van der Waals surface area contributed by atoms with E-state index < -0.39 is 30.0 Å². The second kappa shape index (κ2) is 20.1. The van der Waals surface area contributed by atoms with Crippen LogP contribution in [0.25, 0.3) is 0 Å². The summed E-state index contributed by atoms with van der Waals surface area (Å²) in [6.45, 7) is 11.8. The van der Waals surface area contributed by atoms with Gasteiger partial charge in [-0.05, 0) is 118 Å². The van der Waals surface area contributed by atoms with Gasteiger partial charge in [0.1, 0.15) is 19.0 Å². The Kier molecular flexibility index (Phi) is 16.2. The van der Waals surface area contributed by atoms with E-state index in [1.807, 2.05) is 26.0 Å². The maximum absolute atomic E-state index is 12.8. The molecule has 0 aliphatic heterocycles. The van der Waals surface area contributed by atoms with E-state index >= 15 is 0 Å². The summed E-state index contributed by atoms with van der Waals surface area (Å²) in [5, 5.41) is 0. The summed E-state index contributed by atoms with van der Waals surface area (Å²) in [4.78, 5) is 62.2. The van der Waals surface area contributed by atoms with Gasteiger partial charge in [0, 0.05) is 18.8 Å². The number of hydrogen-bond acceptors (Lipinski definition) is 10. The van der Waals surface area contributed by atoms with Gasteiger partial charge in [-0.15, -0.1) is 0 Å². The van der Waals surface area contributed by atoms with E-state index in [0.29, 0.717) is 34.9 Å². The predicted molar refractivity (Wildman–Crippen MR) is 200 cm³/mol. The van der Waals surface area contributed by atoms with Crippen LogP contribution in [0.3, 0.4) is 0 Å². The molecule has 4 aliphatic rings. The largest absolute Gasteiger partial charge is 0.461 e. The lowest BCUT2D eigenvalue weighted by atomic mass is 9.44. The molecule has 298 valence electrons. The lowest BCUT2D eigenvalue weighted by Gasteiger charge is -2.61. The van der Waals surface area contributed by atoms with Gasteiger partial charge in [-0.1, -0.05) is 58.9 Å². The molecule has 0 N–H and O–H groups in total. The maximum atomic E-state index is 12.8. The molecule has 0 amide bonds. The molecule has 1 unspecified atom stereocenters. The average molecular weight is 743 g/mol. The zero-order chi connectivity index (χ0) is 38.6. The molecule has 4 fully saturated rings. The van der Waals surface area contributed by atoms with E-state index in [2.05, 4.69) is 13.8 Å². The Hall–Kier alpha value is -3.01. The number of Topliss-reactive ketones (excluding diaryl/α,β-unsaturated/α-hetero) is 1. The van der Waals surface area contributed by atoms with Gasteiger partial charge in [-0.25, -0.2) is 0 Å². The molecular weight excluding hydrogens is 676 g/mol. The molecule has 0 saturated heterocycles. The minimum Gasteiger partial charge on any atom is -0.461 e. The summed E-state index contributed by atoms with van der Waals surface area (Å²) in [7, 11) is 0. The van der Waals surface area contributed by atoms with Crippen LogP contribution in [0.2, 0.25) is 0 Å². The van der Waals surface area contributed by atoms with Crippen molar-refractivity contribution in [3.05, 3.63) is 24.3 Å². The highest BCUT2D eigenvalue weighted by Gasteiger charge is 2.60. The van der Waals surface area contributed by atoms with E-state index in [0.717, 1.165) is 44.9 Å². The van der Waals surface area contributed by atoms with E-state index in [1.54, 1.807) is 26.0 Å². The molecule has 0 radical (unpaired) electrons. The Bertz CT molecular complexity index is 1290. The van der Waals surface area contributed by atoms with E-state index in [9.17, 15) is 24.0 Å². The zero-order valence-electron chi connectivity index (χ0n) is 33.2. The number of esters is 4. The van der Waals surface area contributed by atoms with E-state index in [-0.39, 0.29) is 69.0 Å². The Labute approximate surface area is 317 Å². The molecule has 4 rings (SSSR count). The van der Waals surface area contributed by atoms with Crippen LogP contribution in [-0.4, -0.2) is 61.9 Å². The minimum atomic E-state index is -0.972. The third-order valence-corrected chi connectivity index (χ3v) is 13.2. The monoisotopic (exact) mass is 742 g/mol. The summed E-state index contributed by atoms with van der Waals surface area (Å²) in [6, 6.07) is 0. The first-order valence-corrected chi connectivity index (χ1v) is 20.4. The van der Waals surface area contributed by atoms with E-state index in [1.165, 1.54) is 25.7 Å². The Morgan fingerprint density at radius 1 is 0.698 bits per heavy atom. The Morgan fingerprint density at radius 3 is 1.92 bits per heavy atom. The van der Waals surface area contributed by atoms with Gasteiger partial charge < -0.3 is 23.7 Å². The first-order chi connectivity index (χ1) is 25.3. The van der Waals surface area contributed by atoms with Crippen molar-refractivity contribution in [1.82, 2.24) is 0 Å². The van der Waals surface area contributed by atoms with Gasteiger partial charge in [-0.2, -0.15) is 0 Å². The van der Waals surface area contributed by atoms with Gasteiger partial charge in [0.25, 0.3) is 0 Å². The predicted octanol–water partition coefficient (Wildman–Crippen LogP) is 8.25. The van der Waals surface area contributed by atoms with Crippen molar-refractivity contribution in [2.75, 3.05) is 20.0 Å². The summed E-state index contributed by atoms with van der Waals surface area (Å²) in [6.07, 6.45) is 18.0. The van der Waals surface area contributed by atoms with Crippen molar-refractivity contribution in [1.29, 1.82) is 0 Å². The molecule has 4 saturated carbocycles. The summed E-state index contributed by atoms with van der Waals surface area (Å²) < 4.78 is 27.6. The standard InChI is InChI=1S/C43H66O10/c1-7-9-11-13-38(45)49-26-33(27-50-39(46)14-12-10-8-2)53-41(48)24-29(3)23-40(47)52-28-51-32-19-21-42(5)31(25-32)15-16-34-36-18-17-35(30(4)44)43(36,6)22-20-37(34)42/h9-12,29,31-37H,7-8,13-28H2,1-6H3/b11-9-,12-10-/t29?,31-,32-,34-,35+,36-,37-,42-,43+/m0/s1. The second-order valence-corrected chi connectivity index (χ2v) is 16.8. The molecule has 10 nitrogen and oxygen atoms in total. The van der Waals surface area contributed by atoms with Gasteiger partial charge in [0.15, 0.2) is 12.9 Å². The van der Waals surface area contributed by atoms with Gasteiger partial charge in [-0.3, -0.25) is 24.0 Å². The highest BCUT2D eigenvalue weighted by atomic mass is 16.7. The van der Waals surface area contributed by atoms with Crippen molar-refractivity contribution in [3.8, 4) is 0 Å². The highest BCUT2D eigenvalue weighted by Crippen LogP contribution is 2.67. The number of carbonyl (C=O) groups excluding carboxylic acids is 5. The van der Waals surface area contributed by atoms with Crippen LogP contribution in [0.4, 0.5) is 0 Å². The molecule has 0 aromatic carbocycles. The number of carbonyl (C=O) groups is 5. The molecule has 0 bridgehead atoms. The molecule has 0 heterocycles. The summed E-state index contributed by atoms with van der Waals surface area (Å²) in [5.74, 6) is 0.922. The molecule has 53 heavy (non-hydrogen) atoms. The lowest BCUT2D eigenvalue weighted by molar-refractivity contribution is -0.175. The second-order valence-electron chi connectivity index (χ2n) is 16.8. The molecule has 0 aromatic rings. The smallest absolute Gasteiger partial charge is 0.309 e. The van der Waals surface area contributed by atoms with Crippen molar-refractivity contribution in [2.45, 2.75) is 150 Å².